The van der Waals surface area contributed by atoms with Gasteiger partial charge < -0.3 is 10.5 Å². The van der Waals surface area contributed by atoms with Crippen molar-refractivity contribution >= 4 is 28.1 Å². The number of amides is 1. The van der Waals surface area contributed by atoms with Crippen LogP contribution in [0.1, 0.15) is 29.2 Å². The lowest BCUT2D eigenvalue weighted by molar-refractivity contribution is 0.102. The van der Waals surface area contributed by atoms with Gasteiger partial charge in [-0.3, -0.25) is 10.1 Å². The summed E-state index contributed by atoms with van der Waals surface area (Å²) >= 11 is 1.37. The van der Waals surface area contributed by atoms with Gasteiger partial charge in [0.15, 0.2) is 0 Å². The highest BCUT2D eigenvalue weighted by atomic mass is 32.1. The zero-order valence-electron chi connectivity index (χ0n) is 12.2. The van der Waals surface area contributed by atoms with Gasteiger partial charge in [0.2, 0.25) is 5.13 Å². The van der Waals surface area contributed by atoms with E-state index < -0.39 is 0 Å². The second-order valence-corrected chi connectivity index (χ2v) is 6.04. The molecule has 0 unspecified atom stereocenters. The van der Waals surface area contributed by atoms with E-state index in [-0.39, 0.29) is 5.91 Å². The Hall–Kier alpha value is -2.15. The fraction of sp³-hybridized carbons (Fsp3) is 0.357. The minimum Gasteiger partial charge on any atom is -0.495 e. The van der Waals surface area contributed by atoms with Gasteiger partial charge in [0.25, 0.3) is 5.91 Å². The number of nitrogens with zero attached hydrogens (tertiary/aromatic N) is 2. The van der Waals surface area contributed by atoms with Crippen LogP contribution in [0, 0.1) is 5.92 Å². The summed E-state index contributed by atoms with van der Waals surface area (Å²) in [7, 11) is 1.51. The number of anilines is 2. The van der Waals surface area contributed by atoms with Crippen LogP contribution in [-0.2, 0) is 6.42 Å². The van der Waals surface area contributed by atoms with E-state index >= 15 is 0 Å². The lowest BCUT2D eigenvalue weighted by atomic mass is 10.1. The molecule has 2 aromatic rings. The molecule has 0 aliphatic heterocycles. The largest absolute Gasteiger partial charge is 0.495 e. The minimum atomic E-state index is -0.321. The molecule has 1 amide bonds. The molecule has 0 atom stereocenters. The fourth-order valence-electron chi connectivity index (χ4n) is 1.82. The Bertz CT molecular complexity index is 640. The highest BCUT2D eigenvalue weighted by molar-refractivity contribution is 7.15. The standard InChI is InChI=1S/C14H18N4O2S/c1-8(2)7-11-17-18-14(21-11)16-13(19)9-5-4-6-10(20-3)12(9)15/h4-6,8H,7,15H2,1-3H3,(H,16,18,19). The molecule has 0 fully saturated rings. The second-order valence-electron chi connectivity index (χ2n) is 4.97. The van der Waals surface area contributed by atoms with Crippen LogP contribution in [-0.4, -0.2) is 23.2 Å². The summed E-state index contributed by atoms with van der Waals surface area (Å²) in [5.74, 6) is 0.648. The molecule has 0 aliphatic carbocycles. The van der Waals surface area contributed by atoms with Crippen LogP contribution in [0.3, 0.4) is 0 Å². The first-order valence-electron chi connectivity index (χ1n) is 6.57. The third kappa shape index (κ3) is 3.69. The first kappa shape index (κ1) is 15.2. The first-order chi connectivity index (χ1) is 10.0. The predicted molar refractivity (Wildman–Crippen MR) is 83.8 cm³/mol. The monoisotopic (exact) mass is 306 g/mol. The SMILES string of the molecule is COc1cccc(C(=O)Nc2nnc(CC(C)C)s2)c1N. The third-order valence-corrected chi connectivity index (χ3v) is 3.66. The molecule has 6 nitrogen and oxygen atoms in total. The van der Waals surface area contributed by atoms with Crippen molar-refractivity contribution in [1.82, 2.24) is 10.2 Å². The Morgan fingerprint density at radius 3 is 2.86 bits per heavy atom. The van der Waals surface area contributed by atoms with E-state index in [0.717, 1.165) is 11.4 Å². The summed E-state index contributed by atoms with van der Waals surface area (Å²) in [5.41, 5.74) is 6.57. The molecule has 7 heteroatoms. The van der Waals surface area contributed by atoms with Gasteiger partial charge in [-0.1, -0.05) is 31.3 Å². The Balaban J connectivity index is 2.13. The fourth-order valence-corrected chi connectivity index (χ4v) is 2.77. The summed E-state index contributed by atoms with van der Waals surface area (Å²) in [5, 5.41) is 12.1. The number of hydrogen-bond donors (Lipinski definition) is 2. The number of hydrogen-bond acceptors (Lipinski definition) is 6. The Labute approximate surface area is 127 Å². The molecule has 0 spiro atoms. The van der Waals surface area contributed by atoms with Crippen molar-refractivity contribution in [2.24, 2.45) is 5.92 Å². The molecule has 2 rings (SSSR count). The predicted octanol–water partition coefficient (Wildman–Crippen LogP) is 2.58. The topological polar surface area (TPSA) is 90.1 Å². The van der Waals surface area contributed by atoms with E-state index in [0.29, 0.717) is 28.0 Å². The van der Waals surface area contributed by atoms with Gasteiger partial charge in [-0.15, -0.1) is 10.2 Å². The van der Waals surface area contributed by atoms with Crippen LogP contribution in [0.4, 0.5) is 10.8 Å². The number of nitrogens with one attached hydrogen (secondary N) is 1. The zero-order valence-corrected chi connectivity index (χ0v) is 13.0. The number of ether oxygens (including phenoxy) is 1. The van der Waals surface area contributed by atoms with Gasteiger partial charge in [0, 0.05) is 6.42 Å². The summed E-state index contributed by atoms with van der Waals surface area (Å²) in [6.45, 7) is 4.22. The quantitative estimate of drug-likeness (QED) is 0.829. The van der Waals surface area contributed by atoms with Crippen LogP contribution < -0.4 is 15.8 Å². The molecule has 1 aromatic carbocycles. The summed E-state index contributed by atoms with van der Waals surface area (Å²) in [4.78, 5) is 12.2. The Kier molecular flexibility index (Phi) is 4.74. The van der Waals surface area contributed by atoms with Gasteiger partial charge in [-0.2, -0.15) is 0 Å². The van der Waals surface area contributed by atoms with Crippen LogP contribution in [0.2, 0.25) is 0 Å². The van der Waals surface area contributed by atoms with Crippen molar-refractivity contribution in [3.05, 3.63) is 28.8 Å². The minimum absolute atomic E-state index is 0.310. The van der Waals surface area contributed by atoms with Crippen molar-refractivity contribution in [3.8, 4) is 5.75 Å². The average Bonchev–Trinajstić information content (AvgIpc) is 2.85. The van der Waals surface area contributed by atoms with Crippen molar-refractivity contribution < 1.29 is 9.53 Å². The van der Waals surface area contributed by atoms with E-state index in [1.165, 1.54) is 18.4 Å². The molecule has 1 aromatic heterocycles. The van der Waals surface area contributed by atoms with Gasteiger partial charge in [0.1, 0.15) is 10.8 Å². The van der Waals surface area contributed by atoms with Crippen molar-refractivity contribution in [3.63, 3.8) is 0 Å². The van der Waals surface area contributed by atoms with Gasteiger partial charge in [-0.05, 0) is 18.1 Å². The first-order valence-corrected chi connectivity index (χ1v) is 7.39. The Morgan fingerprint density at radius 2 is 2.19 bits per heavy atom. The molecule has 0 bridgehead atoms. The molecule has 21 heavy (non-hydrogen) atoms. The maximum Gasteiger partial charge on any atom is 0.259 e. The molecule has 0 radical (unpaired) electrons. The smallest absolute Gasteiger partial charge is 0.259 e. The van der Waals surface area contributed by atoms with Gasteiger partial charge >= 0.3 is 0 Å². The van der Waals surface area contributed by atoms with Gasteiger partial charge in [-0.25, -0.2) is 0 Å². The lowest BCUT2D eigenvalue weighted by Crippen LogP contribution is -2.14. The number of benzene rings is 1. The highest BCUT2D eigenvalue weighted by Crippen LogP contribution is 2.26. The molecule has 0 saturated carbocycles. The number of nitrogens with two attached hydrogens (primary N) is 1. The maximum absolute atomic E-state index is 12.2. The average molecular weight is 306 g/mol. The number of carbonyl (C=O) groups excluding carboxylic acids is 1. The molecule has 1 heterocycles. The number of nitrogen functional groups attached to an aromatic ring is 1. The van der Waals surface area contributed by atoms with Crippen LogP contribution in [0.5, 0.6) is 5.75 Å². The lowest BCUT2D eigenvalue weighted by Gasteiger charge is -2.08. The van der Waals surface area contributed by atoms with E-state index in [1.807, 2.05) is 0 Å². The molecule has 0 saturated heterocycles. The van der Waals surface area contributed by atoms with E-state index in [9.17, 15) is 4.79 Å². The normalized spacial score (nSPS) is 10.7. The number of para-hydroxylation sites is 1. The second kappa shape index (κ2) is 6.53. The van der Waals surface area contributed by atoms with E-state index in [2.05, 4.69) is 29.4 Å². The third-order valence-electron chi connectivity index (χ3n) is 2.80. The van der Waals surface area contributed by atoms with Crippen LogP contribution >= 0.6 is 11.3 Å². The van der Waals surface area contributed by atoms with Crippen molar-refractivity contribution in [2.45, 2.75) is 20.3 Å². The molecular formula is C14H18N4O2S. The van der Waals surface area contributed by atoms with Crippen molar-refractivity contribution in [2.75, 3.05) is 18.2 Å². The molecule has 0 aliphatic rings. The van der Waals surface area contributed by atoms with Gasteiger partial charge in [0.05, 0.1) is 18.4 Å². The number of methoxy groups -OCH3 is 1. The van der Waals surface area contributed by atoms with Crippen molar-refractivity contribution in [1.29, 1.82) is 0 Å². The number of rotatable bonds is 5. The molecule has 112 valence electrons. The summed E-state index contributed by atoms with van der Waals surface area (Å²) < 4.78 is 5.10. The number of carbonyl (C=O) groups is 1. The maximum atomic E-state index is 12.2. The summed E-state index contributed by atoms with van der Waals surface area (Å²) in [6.07, 6.45) is 0.842. The Morgan fingerprint density at radius 1 is 1.43 bits per heavy atom. The zero-order chi connectivity index (χ0) is 15.4. The van der Waals surface area contributed by atoms with Crippen LogP contribution in [0.25, 0.3) is 0 Å². The number of aromatic nitrogens is 2. The highest BCUT2D eigenvalue weighted by Gasteiger charge is 2.15. The van der Waals surface area contributed by atoms with E-state index in [1.54, 1.807) is 18.2 Å². The molecular weight excluding hydrogens is 288 g/mol. The van der Waals surface area contributed by atoms with E-state index in [4.69, 9.17) is 10.5 Å². The van der Waals surface area contributed by atoms with Crippen LogP contribution in [0.15, 0.2) is 18.2 Å². The summed E-state index contributed by atoms with van der Waals surface area (Å²) in [6, 6.07) is 5.06. The molecule has 3 N–H and O–H groups in total.